The monoisotopic (exact) mass is 336 g/mol. The van der Waals surface area contributed by atoms with E-state index in [0.717, 1.165) is 13.0 Å². The van der Waals surface area contributed by atoms with Gasteiger partial charge in [-0.25, -0.2) is 4.79 Å². The molecule has 9 nitrogen and oxygen atoms in total. The summed E-state index contributed by atoms with van der Waals surface area (Å²) in [6.07, 6.45) is 0.667. The lowest BCUT2D eigenvalue weighted by atomic mass is 10.1. The number of nitrogens with two attached hydrogens (primary N) is 1. The number of rotatable bonds is 5. The van der Waals surface area contributed by atoms with Crippen molar-refractivity contribution in [2.45, 2.75) is 31.8 Å². The van der Waals surface area contributed by atoms with Gasteiger partial charge in [-0.05, 0) is 25.5 Å². The Hall–Kier alpha value is -2.07. The van der Waals surface area contributed by atoms with Crippen LogP contribution < -0.4 is 41.8 Å². The first-order valence-electron chi connectivity index (χ1n) is 8.07. The SMILES string of the molecule is CC1CC(NCCN)NC(NC(=O)Nc2ccc3c(c2)OCO3)N1. The van der Waals surface area contributed by atoms with Gasteiger partial charge in [0.15, 0.2) is 11.5 Å². The minimum atomic E-state index is -0.335. The van der Waals surface area contributed by atoms with Crippen molar-refractivity contribution in [3.8, 4) is 11.5 Å². The highest BCUT2D eigenvalue weighted by Gasteiger charge is 2.25. The second-order valence-electron chi connectivity index (χ2n) is 5.86. The van der Waals surface area contributed by atoms with Gasteiger partial charge in [-0.2, -0.15) is 0 Å². The molecule has 1 fully saturated rings. The Kier molecular flexibility index (Phi) is 5.36. The Morgan fingerprint density at radius 2 is 2.17 bits per heavy atom. The van der Waals surface area contributed by atoms with Crippen LogP contribution in [-0.4, -0.2) is 44.4 Å². The predicted molar refractivity (Wildman–Crippen MR) is 89.7 cm³/mol. The zero-order chi connectivity index (χ0) is 16.9. The van der Waals surface area contributed by atoms with Gasteiger partial charge in [0.1, 0.15) is 6.29 Å². The molecule has 132 valence electrons. The van der Waals surface area contributed by atoms with Crippen molar-refractivity contribution in [3.63, 3.8) is 0 Å². The molecule has 2 heterocycles. The molecule has 0 spiro atoms. The highest BCUT2D eigenvalue weighted by Crippen LogP contribution is 2.34. The molecule has 9 heteroatoms. The lowest BCUT2D eigenvalue weighted by molar-refractivity contribution is 0.174. The maximum Gasteiger partial charge on any atom is 0.321 e. The molecule has 3 atom stereocenters. The molecule has 2 aliphatic rings. The molecule has 3 rings (SSSR count). The number of anilines is 1. The summed E-state index contributed by atoms with van der Waals surface area (Å²) >= 11 is 0. The van der Waals surface area contributed by atoms with Crippen molar-refractivity contribution >= 4 is 11.7 Å². The van der Waals surface area contributed by atoms with Gasteiger partial charge in [-0.3, -0.25) is 10.6 Å². The number of carbonyl (C=O) groups excluding carboxylic acids is 1. The molecular formula is C15H24N6O3. The van der Waals surface area contributed by atoms with E-state index in [9.17, 15) is 4.79 Å². The average molecular weight is 336 g/mol. The van der Waals surface area contributed by atoms with E-state index in [1.165, 1.54) is 0 Å². The third kappa shape index (κ3) is 4.26. The second kappa shape index (κ2) is 7.67. The Morgan fingerprint density at radius 1 is 1.33 bits per heavy atom. The number of hydrogen-bond donors (Lipinski definition) is 6. The maximum absolute atomic E-state index is 12.2. The summed E-state index contributed by atoms with van der Waals surface area (Å²) in [4.78, 5) is 12.2. The zero-order valence-electron chi connectivity index (χ0n) is 13.6. The van der Waals surface area contributed by atoms with Gasteiger partial charge in [0.25, 0.3) is 0 Å². The van der Waals surface area contributed by atoms with Crippen molar-refractivity contribution in [2.24, 2.45) is 5.73 Å². The first kappa shape index (κ1) is 16.8. The largest absolute Gasteiger partial charge is 0.454 e. The maximum atomic E-state index is 12.2. The van der Waals surface area contributed by atoms with Crippen molar-refractivity contribution in [1.82, 2.24) is 21.3 Å². The number of carbonyl (C=O) groups is 1. The van der Waals surface area contributed by atoms with Crippen LogP contribution in [0.1, 0.15) is 13.3 Å². The molecule has 7 N–H and O–H groups in total. The van der Waals surface area contributed by atoms with E-state index in [0.29, 0.717) is 23.7 Å². The Bertz CT molecular complexity index is 584. The van der Waals surface area contributed by atoms with Gasteiger partial charge < -0.3 is 31.2 Å². The standard InChI is InChI=1S/C15H24N6O3/c1-9-6-13(17-5-4-16)20-14(18-9)21-15(22)19-10-2-3-11-12(7-10)24-8-23-11/h2-3,7,9,13-14,17-18,20H,4-6,8,16H2,1H3,(H2,19,21,22). The van der Waals surface area contributed by atoms with Crippen LogP contribution in [-0.2, 0) is 0 Å². The number of ether oxygens (including phenoxy) is 2. The van der Waals surface area contributed by atoms with Crippen LogP contribution in [0.2, 0.25) is 0 Å². The smallest absolute Gasteiger partial charge is 0.321 e. The van der Waals surface area contributed by atoms with E-state index in [2.05, 4.69) is 33.5 Å². The van der Waals surface area contributed by atoms with Crippen molar-refractivity contribution in [2.75, 3.05) is 25.2 Å². The lowest BCUT2D eigenvalue weighted by Crippen LogP contribution is -2.68. The fourth-order valence-corrected chi connectivity index (χ4v) is 2.78. The van der Waals surface area contributed by atoms with Crippen LogP contribution in [0, 0.1) is 0 Å². The van der Waals surface area contributed by atoms with Gasteiger partial charge in [0.2, 0.25) is 6.79 Å². The van der Waals surface area contributed by atoms with Crippen LogP contribution >= 0.6 is 0 Å². The summed E-state index contributed by atoms with van der Waals surface area (Å²) in [6, 6.07) is 5.22. The number of amides is 2. The summed E-state index contributed by atoms with van der Waals surface area (Å²) in [6.45, 7) is 3.57. The number of urea groups is 1. The molecule has 0 radical (unpaired) electrons. The topological polar surface area (TPSA) is 122 Å². The molecule has 2 amide bonds. The Morgan fingerprint density at radius 3 is 3.00 bits per heavy atom. The summed E-state index contributed by atoms with van der Waals surface area (Å²) < 4.78 is 10.5. The molecule has 3 unspecified atom stereocenters. The molecule has 1 aromatic rings. The van der Waals surface area contributed by atoms with Gasteiger partial charge in [-0.1, -0.05) is 0 Å². The molecular weight excluding hydrogens is 312 g/mol. The van der Waals surface area contributed by atoms with Crippen molar-refractivity contribution < 1.29 is 14.3 Å². The van der Waals surface area contributed by atoms with Crippen molar-refractivity contribution in [3.05, 3.63) is 18.2 Å². The summed E-state index contributed by atoms with van der Waals surface area (Å²) in [7, 11) is 0. The van der Waals surface area contributed by atoms with E-state index < -0.39 is 0 Å². The zero-order valence-corrected chi connectivity index (χ0v) is 13.6. The van der Waals surface area contributed by atoms with E-state index in [4.69, 9.17) is 15.2 Å². The summed E-state index contributed by atoms with van der Waals surface area (Å²) in [5.41, 5.74) is 6.15. The average Bonchev–Trinajstić information content (AvgIpc) is 3.00. The van der Waals surface area contributed by atoms with E-state index in [1.807, 2.05) is 0 Å². The molecule has 0 saturated carbocycles. The quantitative estimate of drug-likeness (QED) is 0.435. The van der Waals surface area contributed by atoms with Gasteiger partial charge in [0.05, 0.1) is 6.17 Å². The van der Waals surface area contributed by atoms with Crippen LogP contribution in [0.4, 0.5) is 10.5 Å². The molecule has 0 aliphatic carbocycles. The lowest BCUT2D eigenvalue weighted by Gasteiger charge is -2.36. The van der Waals surface area contributed by atoms with Crippen LogP contribution in [0.3, 0.4) is 0 Å². The van der Waals surface area contributed by atoms with E-state index >= 15 is 0 Å². The Labute approximate surface area is 140 Å². The van der Waals surface area contributed by atoms with E-state index in [1.54, 1.807) is 18.2 Å². The minimum absolute atomic E-state index is 0.0978. The summed E-state index contributed by atoms with van der Waals surface area (Å²) in [5.74, 6) is 1.31. The van der Waals surface area contributed by atoms with Gasteiger partial charge in [-0.15, -0.1) is 0 Å². The normalized spacial score (nSPS) is 25.3. The third-order valence-electron chi connectivity index (χ3n) is 3.85. The third-order valence-corrected chi connectivity index (χ3v) is 3.85. The molecule has 0 bridgehead atoms. The molecule has 24 heavy (non-hydrogen) atoms. The molecule has 1 aromatic carbocycles. The Balaban J connectivity index is 1.52. The molecule has 2 aliphatic heterocycles. The van der Waals surface area contributed by atoms with Gasteiger partial charge >= 0.3 is 6.03 Å². The molecule has 1 saturated heterocycles. The highest BCUT2D eigenvalue weighted by atomic mass is 16.7. The number of nitrogens with one attached hydrogen (secondary N) is 5. The second-order valence-corrected chi connectivity index (χ2v) is 5.86. The number of fused-ring (bicyclic) bond motifs is 1. The highest BCUT2D eigenvalue weighted by molar-refractivity contribution is 5.89. The van der Waals surface area contributed by atoms with Crippen molar-refractivity contribution in [1.29, 1.82) is 0 Å². The predicted octanol–water partition coefficient (Wildman–Crippen LogP) is -0.334. The first-order valence-corrected chi connectivity index (χ1v) is 8.07. The van der Waals surface area contributed by atoms with Crippen LogP contribution in [0.5, 0.6) is 11.5 Å². The van der Waals surface area contributed by atoms with Gasteiger partial charge in [0, 0.05) is 30.9 Å². The first-order chi connectivity index (χ1) is 11.6. The fraction of sp³-hybridized carbons (Fsp3) is 0.533. The molecule has 0 aromatic heterocycles. The number of hydrogen-bond acceptors (Lipinski definition) is 7. The fourth-order valence-electron chi connectivity index (χ4n) is 2.78. The van der Waals surface area contributed by atoms with Crippen LogP contribution in [0.15, 0.2) is 18.2 Å². The van der Waals surface area contributed by atoms with E-state index in [-0.39, 0.29) is 31.3 Å². The number of benzene rings is 1. The summed E-state index contributed by atoms with van der Waals surface area (Å²) in [5, 5.41) is 15.5. The minimum Gasteiger partial charge on any atom is -0.454 e. The van der Waals surface area contributed by atoms with Crippen LogP contribution in [0.25, 0.3) is 0 Å².